The van der Waals surface area contributed by atoms with Gasteiger partial charge in [-0.3, -0.25) is 4.79 Å². The van der Waals surface area contributed by atoms with Crippen LogP contribution in [-0.4, -0.2) is 17.2 Å². The van der Waals surface area contributed by atoms with Crippen LogP contribution in [0, 0.1) is 11.8 Å². The maximum atomic E-state index is 12.2. The number of fused-ring (bicyclic) bond motifs is 2. The first-order chi connectivity index (χ1) is 9.22. The van der Waals surface area contributed by atoms with E-state index in [4.69, 9.17) is 0 Å². The first-order valence-corrected chi connectivity index (χ1v) is 8.12. The molecule has 1 aromatic rings. The molecule has 2 bridgehead atoms. The summed E-state index contributed by atoms with van der Waals surface area (Å²) >= 11 is 1.64. The molecule has 2 fully saturated rings. The molecule has 102 valence electrons. The molecule has 2 aliphatic rings. The summed E-state index contributed by atoms with van der Waals surface area (Å²) in [6.45, 7) is 2.00. The lowest BCUT2D eigenvalue weighted by atomic mass is 9.95. The van der Waals surface area contributed by atoms with Crippen LogP contribution in [0.2, 0.25) is 0 Å². The second-order valence-electron chi connectivity index (χ2n) is 5.86. The Morgan fingerprint density at radius 2 is 2.05 bits per heavy atom. The minimum atomic E-state index is -0.0125. The van der Waals surface area contributed by atoms with E-state index in [0.717, 1.165) is 16.7 Å². The summed E-state index contributed by atoms with van der Waals surface area (Å²) in [4.78, 5) is 13.4. The molecule has 2 saturated carbocycles. The van der Waals surface area contributed by atoms with Gasteiger partial charge in [0.2, 0.25) is 5.91 Å². The van der Waals surface area contributed by atoms with Crippen LogP contribution in [0.4, 0.5) is 0 Å². The van der Waals surface area contributed by atoms with Crippen LogP contribution in [0.1, 0.15) is 32.6 Å². The molecule has 1 amide bonds. The van der Waals surface area contributed by atoms with Crippen molar-refractivity contribution in [1.82, 2.24) is 5.32 Å². The zero-order valence-corrected chi connectivity index (χ0v) is 12.2. The lowest BCUT2D eigenvalue weighted by Crippen LogP contribution is -2.42. The van der Waals surface area contributed by atoms with Crippen LogP contribution in [0.25, 0.3) is 0 Å². The van der Waals surface area contributed by atoms with Gasteiger partial charge in [0.15, 0.2) is 0 Å². The van der Waals surface area contributed by atoms with Crippen molar-refractivity contribution in [1.29, 1.82) is 0 Å². The molecule has 2 aliphatic carbocycles. The Morgan fingerprint density at radius 3 is 2.68 bits per heavy atom. The Balaban J connectivity index is 1.53. The normalized spacial score (nSPS) is 30.3. The monoisotopic (exact) mass is 275 g/mol. The number of nitrogens with one attached hydrogen (secondary N) is 1. The lowest BCUT2D eigenvalue weighted by molar-refractivity contribution is -0.121. The quantitative estimate of drug-likeness (QED) is 0.852. The summed E-state index contributed by atoms with van der Waals surface area (Å²) in [5.74, 6) is 1.83. The fourth-order valence-corrected chi connectivity index (χ4v) is 4.38. The van der Waals surface area contributed by atoms with Gasteiger partial charge in [0.25, 0.3) is 0 Å². The number of carbonyl (C=O) groups excluding carboxylic acids is 1. The van der Waals surface area contributed by atoms with Gasteiger partial charge in [0, 0.05) is 10.9 Å². The van der Waals surface area contributed by atoms with Crippen LogP contribution >= 0.6 is 11.8 Å². The van der Waals surface area contributed by atoms with Gasteiger partial charge in [-0.1, -0.05) is 24.6 Å². The van der Waals surface area contributed by atoms with Crippen LogP contribution < -0.4 is 5.32 Å². The first kappa shape index (κ1) is 13.0. The third-order valence-electron chi connectivity index (χ3n) is 4.49. The van der Waals surface area contributed by atoms with Crippen molar-refractivity contribution < 1.29 is 4.79 Å². The average molecular weight is 275 g/mol. The smallest absolute Gasteiger partial charge is 0.233 e. The van der Waals surface area contributed by atoms with Crippen LogP contribution in [0.5, 0.6) is 0 Å². The zero-order valence-electron chi connectivity index (χ0n) is 11.3. The number of hydrogen-bond acceptors (Lipinski definition) is 2. The van der Waals surface area contributed by atoms with Gasteiger partial charge < -0.3 is 5.32 Å². The van der Waals surface area contributed by atoms with Crippen LogP contribution in [0.3, 0.4) is 0 Å². The summed E-state index contributed by atoms with van der Waals surface area (Å²) in [7, 11) is 0. The second-order valence-corrected chi connectivity index (χ2v) is 7.28. The van der Waals surface area contributed by atoms with Gasteiger partial charge in [-0.05, 0) is 50.2 Å². The Hall–Kier alpha value is -0.960. The second kappa shape index (κ2) is 5.58. The summed E-state index contributed by atoms with van der Waals surface area (Å²) < 4.78 is 0. The number of thioether (sulfide) groups is 1. The fourth-order valence-electron chi connectivity index (χ4n) is 3.48. The molecule has 3 heteroatoms. The SMILES string of the molecule is C[C@H](Sc1ccccc1)C(=O)N[C@@H]1C[C@H]2CC[C@H]1C2. The molecule has 0 unspecified atom stereocenters. The molecule has 4 atom stereocenters. The Labute approximate surface area is 119 Å². The van der Waals surface area contributed by atoms with Crippen molar-refractivity contribution in [2.75, 3.05) is 0 Å². The molecule has 0 saturated heterocycles. The lowest BCUT2D eigenvalue weighted by Gasteiger charge is -2.24. The first-order valence-electron chi connectivity index (χ1n) is 7.24. The van der Waals surface area contributed by atoms with Crippen molar-refractivity contribution in [3.05, 3.63) is 30.3 Å². The number of carbonyl (C=O) groups is 1. The largest absolute Gasteiger partial charge is 0.352 e. The summed E-state index contributed by atoms with van der Waals surface area (Å²) in [5, 5.41) is 3.26. The third-order valence-corrected chi connectivity index (χ3v) is 5.60. The molecule has 0 heterocycles. The molecule has 1 aromatic carbocycles. The van der Waals surface area contributed by atoms with Crippen molar-refractivity contribution in [2.24, 2.45) is 11.8 Å². The zero-order chi connectivity index (χ0) is 13.2. The highest BCUT2D eigenvalue weighted by atomic mass is 32.2. The molecule has 1 N–H and O–H groups in total. The van der Waals surface area contributed by atoms with Crippen molar-refractivity contribution in [3.63, 3.8) is 0 Å². The molecule has 0 radical (unpaired) electrons. The summed E-state index contributed by atoms with van der Waals surface area (Å²) in [5.41, 5.74) is 0. The highest BCUT2D eigenvalue weighted by Crippen LogP contribution is 2.44. The van der Waals surface area contributed by atoms with Gasteiger partial charge in [-0.25, -0.2) is 0 Å². The van der Waals surface area contributed by atoms with Gasteiger partial charge in [-0.15, -0.1) is 11.8 Å². The van der Waals surface area contributed by atoms with E-state index in [1.807, 2.05) is 25.1 Å². The van der Waals surface area contributed by atoms with E-state index in [9.17, 15) is 4.79 Å². The standard InChI is InChI=1S/C16H21NOS/c1-11(19-14-5-3-2-4-6-14)16(18)17-15-10-12-7-8-13(15)9-12/h2-6,11-13,15H,7-10H2,1H3,(H,17,18)/t11-,12-,13-,15+/m0/s1. The highest BCUT2D eigenvalue weighted by molar-refractivity contribution is 8.00. The van der Waals surface area contributed by atoms with E-state index in [1.165, 1.54) is 25.7 Å². The van der Waals surface area contributed by atoms with Gasteiger partial charge in [-0.2, -0.15) is 0 Å². The predicted molar refractivity (Wildman–Crippen MR) is 79.1 cm³/mol. The Morgan fingerprint density at radius 1 is 1.26 bits per heavy atom. The molecule has 0 aliphatic heterocycles. The van der Waals surface area contributed by atoms with E-state index in [0.29, 0.717) is 6.04 Å². The molecule has 2 nitrogen and oxygen atoms in total. The maximum absolute atomic E-state index is 12.2. The van der Waals surface area contributed by atoms with E-state index < -0.39 is 0 Å². The molecule has 19 heavy (non-hydrogen) atoms. The fraction of sp³-hybridized carbons (Fsp3) is 0.562. The molecular weight excluding hydrogens is 254 g/mol. The third kappa shape index (κ3) is 2.97. The average Bonchev–Trinajstić information content (AvgIpc) is 3.02. The predicted octanol–water partition coefficient (Wildman–Crippen LogP) is 3.47. The van der Waals surface area contributed by atoms with Crippen LogP contribution in [-0.2, 0) is 4.79 Å². The van der Waals surface area contributed by atoms with Crippen LogP contribution in [0.15, 0.2) is 35.2 Å². The molecule has 0 spiro atoms. The van der Waals surface area contributed by atoms with Crippen molar-refractivity contribution >= 4 is 17.7 Å². The van der Waals surface area contributed by atoms with Crippen molar-refractivity contribution in [2.45, 2.75) is 48.8 Å². The molecule has 3 rings (SSSR count). The topological polar surface area (TPSA) is 29.1 Å². The minimum absolute atomic E-state index is 0.0125. The van der Waals surface area contributed by atoms with E-state index in [2.05, 4.69) is 17.4 Å². The van der Waals surface area contributed by atoms with Gasteiger partial charge in [0.05, 0.1) is 5.25 Å². The number of rotatable bonds is 4. The number of benzene rings is 1. The van der Waals surface area contributed by atoms with Crippen molar-refractivity contribution in [3.8, 4) is 0 Å². The maximum Gasteiger partial charge on any atom is 0.233 e. The molecule has 0 aromatic heterocycles. The van der Waals surface area contributed by atoms with Gasteiger partial charge >= 0.3 is 0 Å². The number of hydrogen-bond donors (Lipinski definition) is 1. The summed E-state index contributed by atoms with van der Waals surface area (Å²) in [6.07, 6.45) is 5.24. The number of amides is 1. The Bertz CT molecular complexity index is 447. The highest BCUT2D eigenvalue weighted by Gasteiger charge is 2.40. The Kier molecular flexibility index (Phi) is 3.83. The van der Waals surface area contributed by atoms with Gasteiger partial charge in [0.1, 0.15) is 0 Å². The van der Waals surface area contributed by atoms with E-state index >= 15 is 0 Å². The molecular formula is C16H21NOS. The van der Waals surface area contributed by atoms with E-state index in [-0.39, 0.29) is 11.2 Å². The van der Waals surface area contributed by atoms with E-state index in [1.54, 1.807) is 11.8 Å². The summed E-state index contributed by atoms with van der Waals surface area (Å²) in [6, 6.07) is 10.6. The minimum Gasteiger partial charge on any atom is -0.352 e.